The molecule has 0 spiro atoms. The number of para-hydroxylation sites is 1. The Hall–Kier alpha value is -2.07. The second-order valence-corrected chi connectivity index (χ2v) is 9.64. The molecule has 1 heterocycles. The zero-order valence-electron chi connectivity index (χ0n) is 16.0. The number of ketones is 1. The summed E-state index contributed by atoms with van der Waals surface area (Å²) in [6.07, 6.45) is 0. The molecule has 1 aliphatic rings. The molecule has 9 heteroatoms. The van der Waals surface area contributed by atoms with Gasteiger partial charge in [0, 0.05) is 36.2 Å². The molecule has 0 aliphatic carbocycles. The van der Waals surface area contributed by atoms with Crippen LogP contribution in [0, 0.1) is 0 Å². The van der Waals surface area contributed by atoms with Crippen molar-refractivity contribution in [1.29, 1.82) is 0 Å². The topological polar surface area (TPSA) is 86.8 Å². The van der Waals surface area contributed by atoms with Gasteiger partial charge >= 0.3 is 0 Å². The summed E-state index contributed by atoms with van der Waals surface area (Å²) in [5, 5.41) is 2.77. The van der Waals surface area contributed by atoms with Crippen molar-refractivity contribution in [3.8, 4) is 0 Å². The van der Waals surface area contributed by atoms with E-state index in [4.69, 9.17) is 0 Å². The molecule has 0 radical (unpaired) electrons. The van der Waals surface area contributed by atoms with Crippen molar-refractivity contribution in [2.45, 2.75) is 11.8 Å². The quantitative estimate of drug-likeness (QED) is 0.643. The van der Waals surface area contributed by atoms with E-state index in [1.165, 1.54) is 11.2 Å². The summed E-state index contributed by atoms with van der Waals surface area (Å²) >= 11 is 3.30. The standard InChI is InChI=1S/C20H22BrN3O4S/c1-15(25)18-7-2-3-8-19(18)22-20(26)14-23-9-11-24(12-10-23)29(27,28)17-6-4-5-16(21)13-17/h2-8,13H,9-12,14H2,1H3,(H,22,26). The molecular weight excluding hydrogens is 458 g/mol. The predicted octanol–water partition coefficient (Wildman–Crippen LogP) is 2.60. The van der Waals surface area contributed by atoms with E-state index in [1.807, 2.05) is 4.90 Å². The van der Waals surface area contributed by atoms with Crippen LogP contribution in [0.4, 0.5) is 5.69 Å². The number of amides is 1. The van der Waals surface area contributed by atoms with Gasteiger partial charge in [0.15, 0.2) is 5.78 Å². The second kappa shape index (κ2) is 9.17. The largest absolute Gasteiger partial charge is 0.324 e. The number of carbonyl (C=O) groups is 2. The van der Waals surface area contributed by atoms with Gasteiger partial charge in [0.05, 0.1) is 17.1 Å². The highest BCUT2D eigenvalue weighted by Gasteiger charge is 2.29. The molecule has 2 aromatic rings. The number of benzene rings is 2. The van der Waals surface area contributed by atoms with Gasteiger partial charge in [-0.15, -0.1) is 0 Å². The Kier molecular flexibility index (Phi) is 6.84. The van der Waals surface area contributed by atoms with Crippen LogP contribution in [-0.4, -0.2) is 62.0 Å². The smallest absolute Gasteiger partial charge is 0.243 e. The van der Waals surface area contributed by atoms with Crippen molar-refractivity contribution in [1.82, 2.24) is 9.21 Å². The lowest BCUT2D eigenvalue weighted by Crippen LogP contribution is -2.50. The van der Waals surface area contributed by atoms with Crippen LogP contribution in [0.25, 0.3) is 0 Å². The lowest BCUT2D eigenvalue weighted by Gasteiger charge is -2.33. The second-order valence-electron chi connectivity index (χ2n) is 6.79. The molecule has 1 saturated heterocycles. The first-order valence-corrected chi connectivity index (χ1v) is 11.4. The Balaban J connectivity index is 1.57. The highest BCUT2D eigenvalue weighted by Crippen LogP contribution is 2.21. The highest BCUT2D eigenvalue weighted by atomic mass is 79.9. The van der Waals surface area contributed by atoms with Gasteiger partial charge in [-0.2, -0.15) is 4.31 Å². The molecule has 29 heavy (non-hydrogen) atoms. The van der Waals surface area contributed by atoms with Crippen LogP contribution >= 0.6 is 15.9 Å². The van der Waals surface area contributed by atoms with Gasteiger partial charge in [-0.1, -0.05) is 34.1 Å². The van der Waals surface area contributed by atoms with Crippen LogP contribution < -0.4 is 5.32 Å². The van der Waals surface area contributed by atoms with E-state index < -0.39 is 10.0 Å². The van der Waals surface area contributed by atoms with Crippen LogP contribution in [0.15, 0.2) is 57.9 Å². The fourth-order valence-corrected chi connectivity index (χ4v) is 5.22. The summed E-state index contributed by atoms with van der Waals surface area (Å²) in [6.45, 7) is 3.12. The summed E-state index contributed by atoms with van der Waals surface area (Å²) in [5.41, 5.74) is 0.951. The molecule has 0 atom stereocenters. The number of carbonyl (C=O) groups excluding carboxylic acids is 2. The Labute approximate surface area is 178 Å². The van der Waals surface area contributed by atoms with Crippen LogP contribution in [0.1, 0.15) is 17.3 Å². The lowest BCUT2D eigenvalue weighted by atomic mass is 10.1. The highest BCUT2D eigenvalue weighted by molar-refractivity contribution is 9.10. The fourth-order valence-electron chi connectivity index (χ4n) is 3.20. The number of hydrogen-bond acceptors (Lipinski definition) is 5. The maximum atomic E-state index is 12.8. The number of sulfonamides is 1. The van der Waals surface area contributed by atoms with E-state index >= 15 is 0 Å². The fraction of sp³-hybridized carbons (Fsp3) is 0.300. The molecule has 1 amide bonds. The van der Waals surface area contributed by atoms with E-state index in [0.29, 0.717) is 41.9 Å². The van der Waals surface area contributed by atoms with Gasteiger partial charge in [0.2, 0.25) is 15.9 Å². The van der Waals surface area contributed by atoms with Crippen LogP contribution in [0.5, 0.6) is 0 Å². The van der Waals surface area contributed by atoms with Crippen molar-refractivity contribution in [2.24, 2.45) is 0 Å². The molecule has 0 saturated carbocycles. The SMILES string of the molecule is CC(=O)c1ccccc1NC(=O)CN1CCN(S(=O)(=O)c2cccc(Br)c2)CC1. The molecule has 0 unspecified atom stereocenters. The number of rotatable bonds is 6. The van der Waals surface area contributed by atoms with Crippen molar-refractivity contribution in [3.05, 3.63) is 58.6 Å². The Bertz CT molecular complexity index is 1020. The van der Waals surface area contributed by atoms with Crippen molar-refractivity contribution in [2.75, 3.05) is 38.0 Å². The summed E-state index contributed by atoms with van der Waals surface area (Å²) in [6, 6.07) is 13.5. The van der Waals surface area contributed by atoms with Crippen LogP contribution in [0.3, 0.4) is 0 Å². The third kappa shape index (κ3) is 5.30. The molecule has 3 rings (SSSR count). The first-order valence-electron chi connectivity index (χ1n) is 9.15. The van der Waals surface area contributed by atoms with Crippen molar-refractivity contribution < 1.29 is 18.0 Å². The molecule has 1 N–H and O–H groups in total. The average molecular weight is 480 g/mol. The van der Waals surface area contributed by atoms with Crippen LogP contribution in [-0.2, 0) is 14.8 Å². The summed E-state index contributed by atoms with van der Waals surface area (Å²) in [7, 11) is -3.56. The first-order chi connectivity index (χ1) is 13.8. The number of nitrogens with one attached hydrogen (secondary N) is 1. The number of Topliss-reactive ketones (excluding diaryl/α,β-unsaturated/α-hetero) is 1. The number of halogens is 1. The Morgan fingerprint density at radius 1 is 1.03 bits per heavy atom. The third-order valence-corrected chi connectivity index (χ3v) is 7.10. The average Bonchev–Trinajstić information content (AvgIpc) is 2.68. The van der Waals surface area contributed by atoms with Gasteiger partial charge in [-0.3, -0.25) is 14.5 Å². The zero-order chi connectivity index (χ0) is 21.0. The normalized spacial score (nSPS) is 15.8. The van der Waals surface area contributed by atoms with E-state index in [0.717, 1.165) is 0 Å². The number of nitrogens with zero attached hydrogens (tertiary/aromatic N) is 2. The van der Waals surface area contributed by atoms with Gasteiger partial charge in [-0.25, -0.2) is 8.42 Å². The third-order valence-electron chi connectivity index (χ3n) is 4.71. The monoisotopic (exact) mass is 479 g/mol. The lowest BCUT2D eigenvalue weighted by molar-refractivity contribution is -0.117. The van der Waals surface area contributed by atoms with E-state index in [2.05, 4.69) is 21.2 Å². The molecule has 1 aliphatic heterocycles. The Morgan fingerprint density at radius 2 is 1.72 bits per heavy atom. The predicted molar refractivity (Wildman–Crippen MR) is 114 cm³/mol. The minimum absolute atomic E-state index is 0.118. The maximum Gasteiger partial charge on any atom is 0.243 e. The molecular formula is C20H22BrN3O4S. The number of anilines is 1. The number of hydrogen-bond donors (Lipinski definition) is 1. The molecule has 1 fully saturated rings. The van der Waals surface area contributed by atoms with E-state index in [9.17, 15) is 18.0 Å². The van der Waals surface area contributed by atoms with Gasteiger partial charge in [-0.05, 0) is 37.3 Å². The molecule has 0 bridgehead atoms. The first kappa shape index (κ1) is 21.6. The molecule has 154 valence electrons. The minimum Gasteiger partial charge on any atom is -0.324 e. The molecule has 7 nitrogen and oxygen atoms in total. The zero-order valence-corrected chi connectivity index (χ0v) is 18.4. The van der Waals surface area contributed by atoms with Gasteiger partial charge in [0.25, 0.3) is 0 Å². The summed E-state index contributed by atoms with van der Waals surface area (Å²) < 4.78 is 27.7. The van der Waals surface area contributed by atoms with E-state index in [-0.39, 0.29) is 23.1 Å². The number of piperazine rings is 1. The van der Waals surface area contributed by atoms with Crippen molar-refractivity contribution >= 4 is 43.3 Å². The molecule has 2 aromatic carbocycles. The van der Waals surface area contributed by atoms with Gasteiger partial charge in [0.1, 0.15) is 0 Å². The molecule has 0 aromatic heterocycles. The van der Waals surface area contributed by atoms with Crippen LogP contribution in [0.2, 0.25) is 0 Å². The Morgan fingerprint density at radius 3 is 2.38 bits per heavy atom. The van der Waals surface area contributed by atoms with Gasteiger partial charge < -0.3 is 5.32 Å². The van der Waals surface area contributed by atoms with E-state index in [1.54, 1.807) is 48.5 Å². The maximum absolute atomic E-state index is 12.8. The summed E-state index contributed by atoms with van der Waals surface area (Å²) in [4.78, 5) is 26.2. The summed E-state index contributed by atoms with van der Waals surface area (Å²) in [5.74, 6) is -0.353. The van der Waals surface area contributed by atoms with Crippen molar-refractivity contribution in [3.63, 3.8) is 0 Å². The minimum atomic E-state index is -3.56.